The standard InChI is InChI=1S/C24H32N8O2/c1-17-13-18(2)32(28-17)12-6-11-31-21(16-30-10-5-9-22(30)33)26-27-24(31)29(3)15-19-7-4-8-20(14-19)23(25)34/h4,7-8,13-14H,5-6,9-12,15-16H2,1-3H3,(H2,25,34). The maximum absolute atomic E-state index is 12.2. The lowest BCUT2D eigenvalue weighted by molar-refractivity contribution is -0.128. The molecule has 4 rings (SSSR count). The van der Waals surface area contributed by atoms with Crippen molar-refractivity contribution in [1.82, 2.24) is 29.4 Å². The van der Waals surface area contributed by atoms with E-state index in [2.05, 4.69) is 32.9 Å². The zero-order chi connectivity index (χ0) is 24.2. The lowest BCUT2D eigenvalue weighted by atomic mass is 10.1. The third kappa shape index (κ3) is 5.27. The molecule has 1 aromatic carbocycles. The van der Waals surface area contributed by atoms with Crippen molar-refractivity contribution >= 4 is 17.8 Å². The van der Waals surface area contributed by atoms with Gasteiger partial charge < -0.3 is 15.5 Å². The summed E-state index contributed by atoms with van der Waals surface area (Å²) in [4.78, 5) is 27.6. The Morgan fingerprint density at radius 1 is 1.18 bits per heavy atom. The number of amides is 2. The fourth-order valence-electron chi connectivity index (χ4n) is 4.44. The highest BCUT2D eigenvalue weighted by Crippen LogP contribution is 2.20. The van der Waals surface area contributed by atoms with Gasteiger partial charge in [-0.3, -0.25) is 18.8 Å². The van der Waals surface area contributed by atoms with E-state index in [0.29, 0.717) is 31.6 Å². The Balaban J connectivity index is 1.53. The van der Waals surface area contributed by atoms with Gasteiger partial charge in [0.25, 0.3) is 0 Å². The number of benzene rings is 1. The molecule has 0 bridgehead atoms. The number of anilines is 1. The summed E-state index contributed by atoms with van der Waals surface area (Å²) < 4.78 is 4.11. The van der Waals surface area contributed by atoms with E-state index in [1.165, 1.54) is 0 Å². The summed E-state index contributed by atoms with van der Waals surface area (Å²) in [5, 5.41) is 13.5. The number of aromatic nitrogens is 5. The Labute approximate surface area is 199 Å². The summed E-state index contributed by atoms with van der Waals surface area (Å²) in [6.45, 7) is 7.28. The Kier molecular flexibility index (Phi) is 6.95. The molecule has 1 aliphatic heterocycles. The Hall–Kier alpha value is -3.69. The highest BCUT2D eigenvalue weighted by molar-refractivity contribution is 5.92. The lowest BCUT2D eigenvalue weighted by Crippen LogP contribution is -2.27. The molecule has 0 saturated carbocycles. The molecule has 1 aliphatic rings. The minimum Gasteiger partial charge on any atom is -0.366 e. The molecule has 10 heteroatoms. The van der Waals surface area contributed by atoms with Crippen LogP contribution < -0.4 is 10.6 Å². The smallest absolute Gasteiger partial charge is 0.248 e. The van der Waals surface area contributed by atoms with E-state index in [1.54, 1.807) is 12.1 Å². The molecule has 2 N–H and O–H groups in total. The first kappa shape index (κ1) is 23.5. The first-order valence-electron chi connectivity index (χ1n) is 11.6. The van der Waals surface area contributed by atoms with Crippen LogP contribution in [0, 0.1) is 13.8 Å². The number of nitrogens with zero attached hydrogens (tertiary/aromatic N) is 7. The Morgan fingerprint density at radius 2 is 2.00 bits per heavy atom. The molecule has 3 heterocycles. The molecule has 2 aromatic heterocycles. The summed E-state index contributed by atoms with van der Waals surface area (Å²) in [5.74, 6) is 1.21. The van der Waals surface area contributed by atoms with E-state index < -0.39 is 5.91 Å². The molecule has 3 aromatic rings. The molecule has 180 valence electrons. The first-order valence-corrected chi connectivity index (χ1v) is 11.6. The quantitative estimate of drug-likeness (QED) is 0.491. The topological polar surface area (TPSA) is 115 Å². The fourth-order valence-corrected chi connectivity index (χ4v) is 4.44. The second-order valence-electron chi connectivity index (χ2n) is 8.91. The van der Waals surface area contributed by atoms with Gasteiger partial charge in [0.15, 0.2) is 5.82 Å². The highest BCUT2D eigenvalue weighted by atomic mass is 16.2. The fraction of sp³-hybridized carbons (Fsp3) is 0.458. The molecule has 34 heavy (non-hydrogen) atoms. The van der Waals surface area contributed by atoms with Gasteiger partial charge in [-0.15, -0.1) is 10.2 Å². The number of aryl methyl sites for hydroxylation is 3. The van der Waals surface area contributed by atoms with Gasteiger partial charge in [-0.2, -0.15) is 5.10 Å². The molecule has 10 nitrogen and oxygen atoms in total. The minimum absolute atomic E-state index is 0.162. The number of likely N-dealkylation sites (tertiary alicyclic amines) is 1. The number of nitrogens with two attached hydrogens (primary N) is 1. The van der Waals surface area contributed by atoms with Crippen LogP contribution in [0.2, 0.25) is 0 Å². The molecule has 0 radical (unpaired) electrons. The third-order valence-corrected chi connectivity index (χ3v) is 6.14. The second kappa shape index (κ2) is 10.1. The van der Waals surface area contributed by atoms with E-state index in [-0.39, 0.29) is 5.91 Å². The van der Waals surface area contributed by atoms with E-state index in [4.69, 9.17) is 5.73 Å². The average molecular weight is 465 g/mol. The van der Waals surface area contributed by atoms with Crippen molar-refractivity contribution in [3.63, 3.8) is 0 Å². The van der Waals surface area contributed by atoms with Crippen molar-refractivity contribution in [2.24, 2.45) is 5.73 Å². The number of rotatable bonds is 10. The molecular weight excluding hydrogens is 432 g/mol. The zero-order valence-corrected chi connectivity index (χ0v) is 20.1. The average Bonchev–Trinajstić information content (AvgIpc) is 3.48. The largest absolute Gasteiger partial charge is 0.366 e. The van der Waals surface area contributed by atoms with Gasteiger partial charge >= 0.3 is 0 Å². The number of hydrogen-bond acceptors (Lipinski definition) is 6. The van der Waals surface area contributed by atoms with Gasteiger partial charge in [0.05, 0.1) is 12.2 Å². The zero-order valence-electron chi connectivity index (χ0n) is 20.1. The SMILES string of the molecule is Cc1cc(C)n(CCCn2c(CN3CCCC3=O)nnc2N(C)Cc2cccc(C(N)=O)c2)n1. The highest BCUT2D eigenvalue weighted by Gasteiger charge is 2.24. The molecule has 0 atom stereocenters. The van der Waals surface area contributed by atoms with E-state index >= 15 is 0 Å². The first-order chi connectivity index (χ1) is 16.3. The van der Waals surface area contributed by atoms with Gasteiger partial charge in [0.2, 0.25) is 17.8 Å². The summed E-state index contributed by atoms with van der Waals surface area (Å²) in [6, 6.07) is 9.36. The molecule has 0 aliphatic carbocycles. The van der Waals surface area contributed by atoms with Gasteiger partial charge in [-0.05, 0) is 50.5 Å². The predicted molar refractivity (Wildman–Crippen MR) is 128 cm³/mol. The van der Waals surface area contributed by atoms with Crippen LogP contribution in [0.1, 0.15) is 52.4 Å². The minimum atomic E-state index is -0.450. The van der Waals surface area contributed by atoms with Gasteiger partial charge in [0, 0.05) is 50.9 Å². The maximum Gasteiger partial charge on any atom is 0.248 e. The number of carbonyl (C=O) groups excluding carboxylic acids is 2. The second-order valence-corrected chi connectivity index (χ2v) is 8.91. The van der Waals surface area contributed by atoms with Crippen molar-refractivity contribution in [3.8, 4) is 0 Å². The molecule has 0 spiro atoms. The Morgan fingerprint density at radius 3 is 2.68 bits per heavy atom. The van der Waals surface area contributed by atoms with E-state index in [0.717, 1.165) is 54.7 Å². The van der Waals surface area contributed by atoms with Crippen molar-refractivity contribution in [2.75, 3.05) is 18.5 Å². The van der Waals surface area contributed by atoms with Gasteiger partial charge in [0.1, 0.15) is 0 Å². The number of hydrogen-bond donors (Lipinski definition) is 1. The van der Waals surface area contributed by atoms with Gasteiger partial charge in [-0.1, -0.05) is 12.1 Å². The van der Waals surface area contributed by atoms with Crippen LogP contribution in [0.5, 0.6) is 0 Å². The van der Waals surface area contributed by atoms with Crippen molar-refractivity contribution < 1.29 is 9.59 Å². The monoisotopic (exact) mass is 464 g/mol. The maximum atomic E-state index is 12.2. The third-order valence-electron chi connectivity index (χ3n) is 6.14. The number of primary amides is 1. The van der Waals surface area contributed by atoms with Gasteiger partial charge in [-0.25, -0.2) is 0 Å². The molecule has 2 amide bonds. The van der Waals surface area contributed by atoms with Crippen LogP contribution in [0.4, 0.5) is 5.95 Å². The van der Waals surface area contributed by atoms with Crippen molar-refractivity contribution in [3.05, 3.63) is 58.7 Å². The van der Waals surface area contributed by atoms with Crippen LogP contribution >= 0.6 is 0 Å². The normalized spacial score (nSPS) is 13.6. The lowest BCUT2D eigenvalue weighted by Gasteiger charge is -2.21. The molecule has 0 unspecified atom stereocenters. The van der Waals surface area contributed by atoms with E-state index in [9.17, 15) is 9.59 Å². The van der Waals surface area contributed by atoms with Crippen LogP contribution in [0.15, 0.2) is 30.3 Å². The van der Waals surface area contributed by atoms with Crippen LogP contribution in [0.3, 0.4) is 0 Å². The van der Waals surface area contributed by atoms with Crippen molar-refractivity contribution in [1.29, 1.82) is 0 Å². The summed E-state index contributed by atoms with van der Waals surface area (Å²) in [7, 11) is 1.95. The van der Waals surface area contributed by atoms with Crippen molar-refractivity contribution in [2.45, 2.75) is 59.3 Å². The van der Waals surface area contributed by atoms with Crippen LogP contribution in [-0.2, 0) is 31.0 Å². The molecule has 1 fully saturated rings. The number of carbonyl (C=O) groups is 2. The van der Waals surface area contributed by atoms with Crippen LogP contribution in [-0.4, -0.2) is 54.9 Å². The molecular formula is C24H32N8O2. The summed E-state index contributed by atoms with van der Waals surface area (Å²) >= 11 is 0. The predicted octanol–water partition coefficient (Wildman–Crippen LogP) is 2.04. The summed E-state index contributed by atoms with van der Waals surface area (Å²) in [6.07, 6.45) is 2.32. The van der Waals surface area contributed by atoms with E-state index in [1.807, 2.05) is 40.6 Å². The summed E-state index contributed by atoms with van der Waals surface area (Å²) in [5.41, 5.74) is 9.01. The molecule has 1 saturated heterocycles. The van der Waals surface area contributed by atoms with Crippen LogP contribution in [0.25, 0.3) is 0 Å². The Bertz CT molecular complexity index is 1180.